The number of amides is 1. The molecule has 2 aromatic carbocycles. The van der Waals surface area contributed by atoms with Crippen LogP contribution in [0.4, 0.5) is 23.2 Å². The van der Waals surface area contributed by atoms with Gasteiger partial charge < -0.3 is 4.74 Å². The lowest BCUT2D eigenvalue weighted by Crippen LogP contribution is -2.47. The zero-order chi connectivity index (χ0) is 28.9. The van der Waals surface area contributed by atoms with E-state index in [-0.39, 0.29) is 25.9 Å². The molecule has 10 nitrogen and oxygen atoms in total. The third-order valence-corrected chi connectivity index (χ3v) is 7.02. The topological polar surface area (TPSA) is 131 Å². The number of benzene rings is 2. The van der Waals surface area contributed by atoms with Crippen molar-refractivity contribution >= 4 is 21.6 Å². The van der Waals surface area contributed by atoms with E-state index in [1.54, 1.807) is 30.3 Å². The van der Waals surface area contributed by atoms with Crippen molar-refractivity contribution in [3.8, 4) is 17.5 Å². The molecule has 1 atom stereocenters. The lowest BCUT2D eigenvalue weighted by molar-refractivity contribution is -0.144. The number of carbonyl (C=O) groups excluding carboxylic acids is 1. The second-order valence-corrected chi connectivity index (χ2v) is 10.4. The molecule has 0 radical (unpaired) electrons. The van der Waals surface area contributed by atoms with Crippen LogP contribution in [-0.4, -0.2) is 35.8 Å². The minimum Gasteiger partial charge on any atom is -0.480 e. The maximum absolute atomic E-state index is 15.1. The van der Waals surface area contributed by atoms with Crippen LogP contribution in [0, 0.1) is 17.1 Å². The summed E-state index contributed by atoms with van der Waals surface area (Å²) in [6.45, 7) is 0. The van der Waals surface area contributed by atoms with Crippen LogP contribution in [0.5, 0.6) is 5.75 Å². The highest BCUT2D eigenvalue weighted by Crippen LogP contribution is 2.33. The zero-order valence-corrected chi connectivity index (χ0v) is 21.0. The Bertz CT molecular complexity index is 1770. The number of hydrogen-bond donors (Lipinski definition) is 0. The summed E-state index contributed by atoms with van der Waals surface area (Å²) in [5.41, 5.74) is -6.38. The van der Waals surface area contributed by atoms with Gasteiger partial charge >= 0.3 is 11.9 Å². The van der Waals surface area contributed by atoms with E-state index in [4.69, 9.17) is 4.74 Å². The second-order valence-electron chi connectivity index (χ2n) is 8.59. The van der Waals surface area contributed by atoms with E-state index < -0.39 is 67.9 Å². The Morgan fingerprint density at radius 2 is 1.85 bits per heavy atom. The molecule has 0 saturated carbocycles. The fraction of sp³-hybridized carbons (Fsp3) is 0.250. The summed E-state index contributed by atoms with van der Waals surface area (Å²) in [7, 11) is -3.83. The lowest BCUT2D eigenvalue weighted by Gasteiger charge is -2.30. The number of nitrogens with zero attached hydrogens (tertiary/aromatic N) is 4. The van der Waals surface area contributed by atoms with Crippen molar-refractivity contribution in [1.29, 1.82) is 5.26 Å². The van der Waals surface area contributed by atoms with Gasteiger partial charge in [-0.1, -0.05) is 18.2 Å². The van der Waals surface area contributed by atoms with Gasteiger partial charge in [0, 0.05) is 13.1 Å². The van der Waals surface area contributed by atoms with Gasteiger partial charge in [0.1, 0.15) is 23.3 Å². The molecular formula is C24H18F4N4O6S. The standard InChI is InChI=1S/C24H18F4N4O6S/c1-30-20(24(26,27)28)11-21(33)31(23(30)35)17-10-16(14(12-29)9-15(17)25)32(39(2,36)37)22(34)19-8-7-13-5-3-4-6-18(13)38-19/h3-6,9-11,19H,7-8H2,1-2H3. The summed E-state index contributed by atoms with van der Waals surface area (Å²) in [6, 6.07) is 9.37. The molecule has 1 aliphatic rings. The molecule has 3 aromatic rings. The number of nitriles is 1. The SMILES string of the molecule is Cn1c(C(F)(F)F)cc(=O)n(-c2cc(N(C(=O)C3CCc4ccccc4O3)S(C)(=O)=O)c(C#N)cc2F)c1=O. The molecule has 15 heteroatoms. The molecule has 204 valence electrons. The van der Waals surface area contributed by atoms with Gasteiger partial charge in [0.25, 0.3) is 11.5 Å². The second kappa shape index (κ2) is 9.70. The summed E-state index contributed by atoms with van der Waals surface area (Å²) in [5, 5.41) is 9.58. The van der Waals surface area contributed by atoms with E-state index in [1.165, 1.54) is 0 Å². The molecular weight excluding hydrogens is 548 g/mol. The minimum absolute atomic E-state index is 0.0352. The Balaban J connectivity index is 1.91. The third kappa shape index (κ3) is 5.02. The zero-order valence-electron chi connectivity index (χ0n) is 20.2. The molecule has 0 fully saturated rings. The highest BCUT2D eigenvalue weighted by Gasteiger charge is 2.38. The molecule has 2 heterocycles. The van der Waals surface area contributed by atoms with Crippen LogP contribution in [0.25, 0.3) is 5.69 Å². The van der Waals surface area contributed by atoms with E-state index in [0.717, 1.165) is 5.56 Å². The van der Waals surface area contributed by atoms with Crippen LogP contribution in [0.2, 0.25) is 0 Å². The van der Waals surface area contributed by atoms with Gasteiger partial charge in [-0.2, -0.15) is 18.4 Å². The predicted molar refractivity (Wildman–Crippen MR) is 128 cm³/mol. The van der Waals surface area contributed by atoms with Gasteiger partial charge in [-0.3, -0.25) is 14.2 Å². The molecule has 0 spiro atoms. The van der Waals surface area contributed by atoms with E-state index >= 15 is 4.39 Å². The van der Waals surface area contributed by atoms with Gasteiger partial charge in [-0.25, -0.2) is 26.5 Å². The number of anilines is 1. The van der Waals surface area contributed by atoms with Crippen LogP contribution in [0.3, 0.4) is 0 Å². The number of rotatable bonds is 4. The molecule has 1 aliphatic heterocycles. The smallest absolute Gasteiger partial charge is 0.431 e. The minimum atomic E-state index is -5.08. The lowest BCUT2D eigenvalue weighted by atomic mass is 10.0. The molecule has 1 amide bonds. The summed E-state index contributed by atoms with van der Waals surface area (Å²) >= 11 is 0. The third-order valence-electron chi connectivity index (χ3n) is 5.98. The molecule has 0 saturated heterocycles. The summed E-state index contributed by atoms with van der Waals surface area (Å²) < 4.78 is 86.3. The van der Waals surface area contributed by atoms with Crippen molar-refractivity contribution < 1.29 is 35.5 Å². The van der Waals surface area contributed by atoms with Gasteiger partial charge in [0.15, 0.2) is 6.10 Å². The summed E-state index contributed by atoms with van der Waals surface area (Å²) in [4.78, 5) is 38.7. The number of sulfonamides is 1. The molecule has 0 bridgehead atoms. The number of alkyl halides is 3. The van der Waals surface area contributed by atoms with Gasteiger partial charge in [0.05, 0.1) is 23.2 Å². The van der Waals surface area contributed by atoms with Crippen molar-refractivity contribution in [3.05, 3.63) is 85.9 Å². The fourth-order valence-corrected chi connectivity index (χ4v) is 5.14. The van der Waals surface area contributed by atoms with Gasteiger partial charge in [0.2, 0.25) is 10.0 Å². The first-order valence-corrected chi connectivity index (χ1v) is 12.9. The molecule has 1 unspecified atom stereocenters. The molecule has 0 N–H and O–H groups in total. The van der Waals surface area contributed by atoms with E-state index in [1.807, 2.05) is 0 Å². The predicted octanol–water partition coefficient (Wildman–Crippen LogP) is 2.25. The molecule has 4 rings (SSSR count). The number of aryl methyl sites for hydroxylation is 1. The number of ether oxygens (including phenoxy) is 1. The largest absolute Gasteiger partial charge is 0.480 e. The Labute approximate surface area is 217 Å². The van der Waals surface area contributed by atoms with Crippen molar-refractivity contribution in [1.82, 2.24) is 9.13 Å². The molecule has 39 heavy (non-hydrogen) atoms. The Morgan fingerprint density at radius 3 is 2.46 bits per heavy atom. The van der Waals surface area contributed by atoms with E-state index in [0.29, 0.717) is 37.6 Å². The normalized spacial score (nSPS) is 15.2. The highest BCUT2D eigenvalue weighted by molar-refractivity contribution is 7.92. The average molecular weight is 566 g/mol. The highest BCUT2D eigenvalue weighted by atomic mass is 32.2. The summed E-state index contributed by atoms with van der Waals surface area (Å²) in [6.07, 6.45) is -5.39. The quantitative estimate of drug-likeness (QED) is 0.443. The number of para-hydroxylation sites is 1. The fourth-order valence-electron chi connectivity index (χ4n) is 4.19. The van der Waals surface area contributed by atoms with Gasteiger partial charge in [-0.05, 0) is 36.6 Å². The molecule has 1 aromatic heterocycles. The van der Waals surface area contributed by atoms with Crippen molar-refractivity contribution in [2.75, 3.05) is 10.6 Å². The number of halogens is 4. The maximum Gasteiger partial charge on any atom is 0.431 e. The van der Waals surface area contributed by atoms with Crippen LogP contribution in [-0.2, 0) is 34.5 Å². The van der Waals surface area contributed by atoms with Crippen LogP contribution in [0.1, 0.15) is 23.2 Å². The van der Waals surface area contributed by atoms with Crippen molar-refractivity contribution in [2.24, 2.45) is 7.05 Å². The number of aromatic nitrogens is 2. The average Bonchev–Trinajstić information content (AvgIpc) is 2.85. The monoisotopic (exact) mass is 566 g/mol. The maximum atomic E-state index is 15.1. The first-order chi connectivity index (χ1) is 18.1. The first kappa shape index (κ1) is 27.6. The Morgan fingerprint density at radius 1 is 1.18 bits per heavy atom. The van der Waals surface area contributed by atoms with Crippen molar-refractivity contribution in [2.45, 2.75) is 25.1 Å². The Kier molecular flexibility index (Phi) is 6.86. The molecule has 0 aliphatic carbocycles. The van der Waals surface area contributed by atoms with E-state index in [9.17, 15) is 41.2 Å². The van der Waals surface area contributed by atoms with Crippen LogP contribution < -0.4 is 20.3 Å². The van der Waals surface area contributed by atoms with Gasteiger partial charge in [-0.15, -0.1) is 0 Å². The Hall–Kier alpha value is -4.45. The van der Waals surface area contributed by atoms with Crippen molar-refractivity contribution in [3.63, 3.8) is 0 Å². The number of fused-ring (bicyclic) bond motifs is 1. The number of hydrogen-bond acceptors (Lipinski definition) is 7. The van der Waals surface area contributed by atoms with Crippen LogP contribution in [0.15, 0.2) is 52.1 Å². The summed E-state index contributed by atoms with van der Waals surface area (Å²) in [5.74, 6) is -2.22. The first-order valence-electron chi connectivity index (χ1n) is 11.1. The van der Waals surface area contributed by atoms with E-state index in [2.05, 4.69) is 0 Å². The van der Waals surface area contributed by atoms with Crippen LogP contribution >= 0.6 is 0 Å². The number of carbonyl (C=O) groups is 1.